The first kappa shape index (κ1) is 25.6. The molecule has 0 saturated heterocycles. The van der Waals surface area contributed by atoms with Crippen molar-refractivity contribution in [2.24, 2.45) is 0 Å². The lowest BCUT2D eigenvalue weighted by atomic mass is 10.1. The van der Waals surface area contributed by atoms with E-state index >= 15 is 0 Å². The highest BCUT2D eigenvalue weighted by molar-refractivity contribution is 9.10. The maximum absolute atomic E-state index is 13.9. The summed E-state index contributed by atoms with van der Waals surface area (Å²) in [6.45, 7) is 1.72. The number of anilines is 1. The summed E-state index contributed by atoms with van der Waals surface area (Å²) >= 11 is 3.41. The predicted molar refractivity (Wildman–Crippen MR) is 141 cm³/mol. The SMILES string of the molecule is Cc1cc(Br)cc(C(=O)OCc2ccccc2)c1N(Cc1ccccc1)S(=O)(=O)c1ccc(F)cc1. The van der Waals surface area contributed by atoms with E-state index in [2.05, 4.69) is 15.9 Å². The van der Waals surface area contributed by atoms with E-state index in [4.69, 9.17) is 4.74 Å². The van der Waals surface area contributed by atoms with Gasteiger partial charge in [-0.15, -0.1) is 0 Å². The van der Waals surface area contributed by atoms with E-state index in [1.807, 2.05) is 48.5 Å². The van der Waals surface area contributed by atoms with E-state index in [-0.39, 0.29) is 29.3 Å². The molecule has 0 aromatic heterocycles. The molecule has 0 unspecified atom stereocenters. The van der Waals surface area contributed by atoms with E-state index < -0.39 is 21.8 Å². The van der Waals surface area contributed by atoms with Crippen molar-refractivity contribution in [1.29, 1.82) is 0 Å². The summed E-state index contributed by atoms with van der Waals surface area (Å²) < 4.78 is 48.7. The van der Waals surface area contributed by atoms with Crippen LogP contribution < -0.4 is 4.31 Å². The highest BCUT2D eigenvalue weighted by Gasteiger charge is 2.31. The van der Waals surface area contributed by atoms with Crippen LogP contribution in [0, 0.1) is 12.7 Å². The number of benzene rings is 4. The van der Waals surface area contributed by atoms with Crippen LogP contribution in [0.4, 0.5) is 10.1 Å². The van der Waals surface area contributed by atoms with E-state index in [0.717, 1.165) is 17.7 Å². The van der Waals surface area contributed by atoms with E-state index in [9.17, 15) is 17.6 Å². The van der Waals surface area contributed by atoms with Crippen molar-refractivity contribution in [3.63, 3.8) is 0 Å². The molecule has 5 nitrogen and oxygen atoms in total. The van der Waals surface area contributed by atoms with Crippen LogP contribution in [0.1, 0.15) is 27.0 Å². The summed E-state index contributed by atoms with van der Waals surface area (Å²) in [5.41, 5.74) is 2.37. The van der Waals surface area contributed by atoms with Gasteiger partial charge in [-0.1, -0.05) is 76.6 Å². The lowest BCUT2D eigenvalue weighted by Crippen LogP contribution is -2.33. The molecule has 0 heterocycles. The smallest absolute Gasteiger partial charge is 0.340 e. The molecule has 36 heavy (non-hydrogen) atoms. The summed E-state index contributed by atoms with van der Waals surface area (Å²) in [5.74, 6) is -1.21. The normalized spacial score (nSPS) is 11.2. The number of nitrogens with zero attached hydrogens (tertiary/aromatic N) is 1. The van der Waals surface area contributed by atoms with Crippen LogP contribution in [0.25, 0.3) is 0 Å². The number of rotatable bonds is 8. The molecule has 4 aromatic rings. The van der Waals surface area contributed by atoms with E-state index in [1.165, 1.54) is 16.4 Å². The third-order valence-corrected chi connectivity index (χ3v) is 7.74. The van der Waals surface area contributed by atoms with Gasteiger partial charge < -0.3 is 4.74 Å². The van der Waals surface area contributed by atoms with Crippen LogP contribution in [0.15, 0.2) is 106 Å². The highest BCUT2D eigenvalue weighted by Crippen LogP contribution is 2.35. The zero-order chi connectivity index (χ0) is 25.7. The van der Waals surface area contributed by atoms with Crippen molar-refractivity contribution >= 4 is 37.6 Å². The summed E-state index contributed by atoms with van der Waals surface area (Å²) in [6.07, 6.45) is 0. The molecule has 0 spiro atoms. The van der Waals surface area contributed by atoms with Gasteiger partial charge in [-0.05, 0) is 60.0 Å². The first-order chi connectivity index (χ1) is 17.3. The molecule has 4 aromatic carbocycles. The van der Waals surface area contributed by atoms with Crippen molar-refractivity contribution in [1.82, 2.24) is 0 Å². The highest BCUT2D eigenvalue weighted by atomic mass is 79.9. The number of carbonyl (C=O) groups is 1. The molecular weight excluding hydrogens is 545 g/mol. The predicted octanol–water partition coefficient (Wildman–Crippen LogP) is 6.65. The number of hydrogen-bond donors (Lipinski definition) is 0. The number of carbonyl (C=O) groups excluding carboxylic acids is 1. The minimum atomic E-state index is -4.18. The topological polar surface area (TPSA) is 63.7 Å². The molecule has 8 heteroatoms. The lowest BCUT2D eigenvalue weighted by Gasteiger charge is -2.28. The fraction of sp³-hybridized carbons (Fsp3) is 0.107. The third kappa shape index (κ3) is 5.83. The summed E-state index contributed by atoms with van der Waals surface area (Å²) in [6, 6.07) is 26.2. The van der Waals surface area contributed by atoms with Gasteiger partial charge in [0, 0.05) is 4.47 Å². The monoisotopic (exact) mass is 567 g/mol. The van der Waals surface area contributed by atoms with Gasteiger partial charge in [0.15, 0.2) is 0 Å². The minimum absolute atomic E-state index is 0.0358. The zero-order valence-electron chi connectivity index (χ0n) is 19.4. The van der Waals surface area contributed by atoms with Crippen LogP contribution in [0.3, 0.4) is 0 Å². The lowest BCUT2D eigenvalue weighted by molar-refractivity contribution is 0.0473. The quantitative estimate of drug-likeness (QED) is 0.224. The second-order valence-electron chi connectivity index (χ2n) is 8.13. The van der Waals surface area contributed by atoms with Gasteiger partial charge in [-0.25, -0.2) is 17.6 Å². The first-order valence-electron chi connectivity index (χ1n) is 11.1. The molecule has 0 aliphatic heterocycles. The molecule has 0 bridgehead atoms. The average Bonchev–Trinajstić information content (AvgIpc) is 2.87. The van der Waals surface area contributed by atoms with Gasteiger partial charge in [0.25, 0.3) is 10.0 Å². The number of aryl methyl sites for hydroxylation is 1. The molecule has 0 aliphatic rings. The second-order valence-corrected chi connectivity index (χ2v) is 10.9. The van der Waals surface area contributed by atoms with Crippen molar-refractivity contribution in [2.75, 3.05) is 4.31 Å². The summed E-state index contributed by atoms with van der Waals surface area (Å²) in [4.78, 5) is 13.2. The van der Waals surface area contributed by atoms with Gasteiger partial charge in [-0.2, -0.15) is 0 Å². The van der Waals surface area contributed by atoms with Crippen LogP contribution in [-0.4, -0.2) is 14.4 Å². The fourth-order valence-electron chi connectivity index (χ4n) is 3.79. The first-order valence-corrected chi connectivity index (χ1v) is 13.3. The van der Waals surface area contributed by atoms with Crippen LogP contribution in [0.5, 0.6) is 0 Å². The average molecular weight is 568 g/mol. The van der Waals surface area contributed by atoms with Crippen molar-refractivity contribution in [2.45, 2.75) is 25.0 Å². The molecular formula is C28H23BrFNO4S. The van der Waals surface area contributed by atoms with Gasteiger partial charge in [0.1, 0.15) is 12.4 Å². The van der Waals surface area contributed by atoms with Crippen molar-refractivity contribution in [3.8, 4) is 0 Å². The van der Waals surface area contributed by atoms with Crippen molar-refractivity contribution in [3.05, 3.63) is 130 Å². The summed E-state index contributed by atoms with van der Waals surface area (Å²) in [7, 11) is -4.18. The Morgan fingerprint density at radius 3 is 2.08 bits per heavy atom. The summed E-state index contributed by atoms with van der Waals surface area (Å²) in [5, 5.41) is 0. The van der Waals surface area contributed by atoms with E-state index in [1.54, 1.807) is 31.2 Å². The molecule has 4 rings (SSSR count). The van der Waals surface area contributed by atoms with E-state index in [0.29, 0.717) is 15.6 Å². The van der Waals surface area contributed by atoms with Gasteiger partial charge in [0.2, 0.25) is 0 Å². The molecule has 0 atom stereocenters. The molecule has 0 N–H and O–H groups in total. The number of halogens is 2. The molecule has 0 saturated carbocycles. The Morgan fingerprint density at radius 2 is 1.47 bits per heavy atom. The number of hydrogen-bond acceptors (Lipinski definition) is 4. The van der Waals surface area contributed by atoms with Crippen molar-refractivity contribution < 1.29 is 22.3 Å². The van der Waals surface area contributed by atoms with Gasteiger partial charge >= 0.3 is 5.97 Å². The molecule has 0 amide bonds. The third-order valence-electron chi connectivity index (χ3n) is 5.52. The number of esters is 1. The maximum Gasteiger partial charge on any atom is 0.340 e. The van der Waals surface area contributed by atoms with Crippen LogP contribution in [-0.2, 0) is 27.9 Å². The zero-order valence-corrected chi connectivity index (χ0v) is 21.8. The maximum atomic E-state index is 13.9. The number of ether oxygens (including phenoxy) is 1. The van der Waals surface area contributed by atoms with Gasteiger partial charge in [-0.3, -0.25) is 4.31 Å². The Bertz CT molecular complexity index is 1460. The van der Waals surface area contributed by atoms with Gasteiger partial charge in [0.05, 0.1) is 22.7 Å². The standard InChI is InChI=1S/C28H23BrFNO4S/c1-20-16-23(29)17-26(28(32)35-19-22-10-6-3-7-11-22)27(20)31(18-21-8-4-2-5-9-21)36(33,34)25-14-12-24(30)13-15-25/h2-17H,18-19H2,1H3. The molecule has 0 fully saturated rings. The Kier molecular flexibility index (Phi) is 7.86. The molecule has 0 aliphatic carbocycles. The van der Waals surface area contributed by atoms with Crippen LogP contribution >= 0.6 is 15.9 Å². The number of sulfonamides is 1. The Labute approximate surface area is 218 Å². The van der Waals surface area contributed by atoms with Crippen LogP contribution in [0.2, 0.25) is 0 Å². The Morgan fingerprint density at radius 1 is 0.889 bits per heavy atom. The largest absolute Gasteiger partial charge is 0.457 e. The molecule has 0 radical (unpaired) electrons. The Balaban J connectivity index is 1.82. The fourth-order valence-corrected chi connectivity index (χ4v) is 5.90. The second kappa shape index (κ2) is 11.1. The molecule has 184 valence electrons. The Hall–Kier alpha value is -3.49. The minimum Gasteiger partial charge on any atom is -0.457 e.